The van der Waals surface area contributed by atoms with E-state index in [2.05, 4.69) is 18.8 Å². The van der Waals surface area contributed by atoms with Crippen LogP contribution in [0.4, 0.5) is 4.39 Å². The molecule has 0 bridgehead atoms. The maximum atomic E-state index is 12.8. The van der Waals surface area contributed by atoms with Crippen LogP contribution in [0.15, 0.2) is 18.5 Å². The lowest BCUT2D eigenvalue weighted by molar-refractivity contribution is 0.463. The summed E-state index contributed by atoms with van der Waals surface area (Å²) in [5.41, 5.74) is 6.81. The first kappa shape index (κ1) is 11.1. The van der Waals surface area contributed by atoms with E-state index in [1.165, 1.54) is 12.3 Å². The van der Waals surface area contributed by atoms with Crippen LogP contribution in [0, 0.1) is 11.7 Å². The molecule has 0 amide bonds. The van der Waals surface area contributed by atoms with Gasteiger partial charge in [0.15, 0.2) is 0 Å². The third-order valence-electron chi connectivity index (χ3n) is 2.38. The second-order valence-electron chi connectivity index (χ2n) is 3.96. The molecule has 1 aromatic heterocycles. The van der Waals surface area contributed by atoms with E-state index in [1.54, 1.807) is 6.20 Å². The van der Waals surface area contributed by atoms with Gasteiger partial charge in [-0.15, -0.1) is 0 Å². The average molecular weight is 196 g/mol. The van der Waals surface area contributed by atoms with Crippen molar-refractivity contribution in [2.75, 3.05) is 0 Å². The molecule has 1 atom stereocenters. The monoisotopic (exact) mass is 196 g/mol. The van der Waals surface area contributed by atoms with Crippen molar-refractivity contribution in [3.05, 3.63) is 29.8 Å². The molecule has 0 spiro atoms. The first-order valence-electron chi connectivity index (χ1n) is 4.94. The van der Waals surface area contributed by atoms with Crippen LogP contribution in [0.1, 0.15) is 25.8 Å². The Kier molecular flexibility index (Phi) is 4.01. The van der Waals surface area contributed by atoms with Crippen LogP contribution in [0.2, 0.25) is 0 Å². The van der Waals surface area contributed by atoms with Gasteiger partial charge in [-0.2, -0.15) is 0 Å². The van der Waals surface area contributed by atoms with Gasteiger partial charge in [0.25, 0.3) is 0 Å². The van der Waals surface area contributed by atoms with E-state index in [9.17, 15) is 4.39 Å². The summed E-state index contributed by atoms with van der Waals surface area (Å²) in [6, 6.07) is 1.69. The molecule has 1 aromatic rings. The fraction of sp³-hybridized carbons (Fsp3) is 0.545. The number of pyridine rings is 1. The van der Waals surface area contributed by atoms with Crippen LogP contribution >= 0.6 is 0 Å². The molecule has 14 heavy (non-hydrogen) atoms. The SMILES string of the molecule is CC(C)C(N)CCc1cncc(F)c1. The molecule has 0 aliphatic carbocycles. The molecule has 3 heteroatoms. The molecule has 0 radical (unpaired) electrons. The third kappa shape index (κ3) is 3.42. The molecule has 0 fully saturated rings. The Labute approximate surface area is 84.3 Å². The van der Waals surface area contributed by atoms with Crippen LogP contribution in [0.3, 0.4) is 0 Å². The summed E-state index contributed by atoms with van der Waals surface area (Å²) < 4.78 is 12.8. The summed E-state index contributed by atoms with van der Waals surface area (Å²) in [6.45, 7) is 4.18. The van der Waals surface area contributed by atoms with E-state index in [0.717, 1.165) is 18.4 Å². The number of hydrogen-bond acceptors (Lipinski definition) is 2. The molecule has 2 N–H and O–H groups in total. The summed E-state index contributed by atoms with van der Waals surface area (Å²) in [6.07, 6.45) is 4.58. The number of aromatic nitrogens is 1. The summed E-state index contributed by atoms with van der Waals surface area (Å²) in [7, 11) is 0. The second kappa shape index (κ2) is 5.05. The Morgan fingerprint density at radius 3 is 2.71 bits per heavy atom. The molecular formula is C11H17FN2. The molecule has 0 saturated carbocycles. The first-order valence-corrected chi connectivity index (χ1v) is 4.94. The van der Waals surface area contributed by atoms with Crippen LogP contribution in [-0.2, 0) is 6.42 Å². The van der Waals surface area contributed by atoms with Crippen molar-refractivity contribution in [1.29, 1.82) is 0 Å². The molecule has 1 heterocycles. The zero-order valence-corrected chi connectivity index (χ0v) is 8.70. The van der Waals surface area contributed by atoms with Crippen LogP contribution < -0.4 is 5.73 Å². The molecule has 1 rings (SSSR count). The van der Waals surface area contributed by atoms with Crippen molar-refractivity contribution < 1.29 is 4.39 Å². The van der Waals surface area contributed by atoms with E-state index in [4.69, 9.17) is 5.73 Å². The Balaban J connectivity index is 2.45. The molecule has 0 aromatic carbocycles. The van der Waals surface area contributed by atoms with Gasteiger partial charge in [0.05, 0.1) is 6.20 Å². The number of nitrogens with zero attached hydrogens (tertiary/aromatic N) is 1. The third-order valence-corrected chi connectivity index (χ3v) is 2.38. The van der Waals surface area contributed by atoms with E-state index in [-0.39, 0.29) is 11.9 Å². The lowest BCUT2D eigenvalue weighted by Crippen LogP contribution is -2.26. The number of nitrogens with two attached hydrogens (primary N) is 1. The summed E-state index contributed by atoms with van der Waals surface area (Å²) in [5.74, 6) is 0.192. The fourth-order valence-electron chi connectivity index (χ4n) is 1.26. The van der Waals surface area contributed by atoms with Gasteiger partial charge >= 0.3 is 0 Å². The van der Waals surface area contributed by atoms with Gasteiger partial charge in [0, 0.05) is 12.2 Å². The number of halogens is 1. The highest BCUT2D eigenvalue weighted by Gasteiger charge is 2.07. The Morgan fingerprint density at radius 2 is 2.14 bits per heavy atom. The second-order valence-corrected chi connectivity index (χ2v) is 3.96. The van der Waals surface area contributed by atoms with E-state index in [1.807, 2.05) is 0 Å². The molecule has 0 saturated heterocycles. The lowest BCUT2D eigenvalue weighted by Gasteiger charge is -2.14. The molecular weight excluding hydrogens is 179 g/mol. The largest absolute Gasteiger partial charge is 0.327 e. The van der Waals surface area contributed by atoms with Crippen LogP contribution in [-0.4, -0.2) is 11.0 Å². The smallest absolute Gasteiger partial charge is 0.141 e. The van der Waals surface area contributed by atoms with Gasteiger partial charge in [0.1, 0.15) is 5.82 Å². The maximum Gasteiger partial charge on any atom is 0.141 e. The van der Waals surface area contributed by atoms with Gasteiger partial charge in [-0.1, -0.05) is 13.8 Å². The minimum atomic E-state index is -0.277. The van der Waals surface area contributed by atoms with Crippen LogP contribution in [0.5, 0.6) is 0 Å². The average Bonchev–Trinajstić information content (AvgIpc) is 2.14. The quantitative estimate of drug-likeness (QED) is 0.801. The summed E-state index contributed by atoms with van der Waals surface area (Å²) in [4.78, 5) is 3.79. The van der Waals surface area contributed by atoms with Crippen molar-refractivity contribution in [2.45, 2.75) is 32.7 Å². The lowest BCUT2D eigenvalue weighted by atomic mass is 9.98. The molecule has 0 aliphatic rings. The van der Waals surface area contributed by atoms with E-state index >= 15 is 0 Å². The minimum absolute atomic E-state index is 0.179. The standard InChI is InChI=1S/C11H17FN2/c1-8(2)11(13)4-3-9-5-10(12)7-14-6-9/h5-8,11H,3-4,13H2,1-2H3. The van der Waals surface area contributed by atoms with Crippen molar-refractivity contribution in [3.63, 3.8) is 0 Å². The highest BCUT2D eigenvalue weighted by atomic mass is 19.1. The van der Waals surface area contributed by atoms with Crippen LogP contribution in [0.25, 0.3) is 0 Å². The van der Waals surface area contributed by atoms with Gasteiger partial charge < -0.3 is 5.73 Å². The van der Waals surface area contributed by atoms with E-state index in [0.29, 0.717) is 5.92 Å². The summed E-state index contributed by atoms with van der Waals surface area (Å²) >= 11 is 0. The van der Waals surface area contributed by atoms with Crippen molar-refractivity contribution >= 4 is 0 Å². The predicted molar refractivity (Wildman–Crippen MR) is 55.3 cm³/mol. The van der Waals surface area contributed by atoms with Crippen molar-refractivity contribution in [2.24, 2.45) is 11.7 Å². The van der Waals surface area contributed by atoms with Gasteiger partial charge in [-0.05, 0) is 30.4 Å². The maximum absolute atomic E-state index is 12.8. The highest BCUT2D eigenvalue weighted by molar-refractivity contribution is 5.10. The van der Waals surface area contributed by atoms with Crippen molar-refractivity contribution in [3.8, 4) is 0 Å². The molecule has 2 nitrogen and oxygen atoms in total. The number of hydrogen-bond donors (Lipinski definition) is 1. The predicted octanol–water partition coefficient (Wildman–Crippen LogP) is 2.14. The van der Waals surface area contributed by atoms with Gasteiger partial charge in [0.2, 0.25) is 0 Å². The zero-order valence-electron chi connectivity index (χ0n) is 8.70. The van der Waals surface area contributed by atoms with Crippen molar-refractivity contribution in [1.82, 2.24) is 4.98 Å². The number of aryl methyl sites for hydroxylation is 1. The first-order chi connectivity index (χ1) is 6.59. The van der Waals surface area contributed by atoms with Gasteiger partial charge in [-0.25, -0.2) is 4.39 Å². The Hall–Kier alpha value is -0.960. The topological polar surface area (TPSA) is 38.9 Å². The van der Waals surface area contributed by atoms with Gasteiger partial charge in [-0.3, -0.25) is 4.98 Å². The fourth-order valence-corrected chi connectivity index (χ4v) is 1.26. The highest BCUT2D eigenvalue weighted by Crippen LogP contribution is 2.09. The zero-order chi connectivity index (χ0) is 10.6. The molecule has 1 unspecified atom stereocenters. The summed E-state index contributed by atoms with van der Waals surface area (Å²) in [5, 5.41) is 0. The number of rotatable bonds is 4. The Bertz CT molecular complexity index is 286. The minimum Gasteiger partial charge on any atom is -0.327 e. The normalized spacial score (nSPS) is 13.2. The molecule has 0 aliphatic heterocycles. The Morgan fingerprint density at radius 1 is 1.43 bits per heavy atom. The molecule has 78 valence electrons. The van der Waals surface area contributed by atoms with E-state index < -0.39 is 0 Å².